The molecule has 0 N–H and O–H groups in total. The highest BCUT2D eigenvalue weighted by atomic mass is 35.5. The average Bonchev–Trinajstić information content (AvgIpc) is 2.24. The molecular weight excluding hydrogens is 332 g/mol. The van der Waals surface area contributed by atoms with Crippen molar-refractivity contribution in [2.45, 2.75) is 24.9 Å². The lowest BCUT2D eigenvalue weighted by molar-refractivity contribution is -0.384. The van der Waals surface area contributed by atoms with Gasteiger partial charge in [0, 0.05) is 12.1 Å². The van der Waals surface area contributed by atoms with Gasteiger partial charge in [0.05, 0.1) is 11.3 Å². The largest absolute Gasteiger partial charge is 0.481 e. The summed E-state index contributed by atoms with van der Waals surface area (Å²) in [6.45, 7) is 0. The molecule has 11 heteroatoms. The number of alkyl halides is 6. The maximum atomic E-state index is 12.5. The first kappa shape index (κ1) is 17.3. The Bertz CT molecular complexity index is 531. The van der Waals surface area contributed by atoms with Gasteiger partial charge in [-0.25, -0.2) is 0 Å². The highest BCUT2D eigenvalue weighted by molar-refractivity contribution is 6.32. The van der Waals surface area contributed by atoms with E-state index < -0.39 is 46.3 Å². The lowest BCUT2D eigenvalue weighted by Gasteiger charge is -2.22. The second kappa shape index (κ2) is 5.96. The SMILES string of the molecule is O=[N+]([O-])c1ccc(OC(CC(F)(F)F)C(F)(F)F)cc1Cl. The number of ether oxygens (including phenoxy) is 1. The van der Waals surface area contributed by atoms with Crippen LogP contribution < -0.4 is 4.74 Å². The molecule has 0 aliphatic carbocycles. The third-order valence-corrected chi connectivity index (χ3v) is 2.48. The summed E-state index contributed by atoms with van der Waals surface area (Å²) < 4.78 is 77.9. The van der Waals surface area contributed by atoms with Gasteiger partial charge < -0.3 is 4.74 Å². The number of hydrogen-bond donors (Lipinski definition) is 0. The van der Waals surface area contributed by atoms with E-state index in [1.807, 2.05) is 0 Å². The Kier molecular flexibility index (Phi) is 4.92. The fourth-order valence-corrected chi connectivity index (χ4v) is 1.55. The van der Waals surface area contributed by atoms with Crippen molar-refractivity contribution in [3.05, 3.63) is 33.3 Å². The number of nitrogens with zero attached hydrogens (tertiary/aromatic N) is 1. The molecule has 1 aromatic carbocycles. The number of halogens is 7. The quantitative estimate of drug-likeness (QED) is 0.461. The van der Waals surface area contributed by atoms with Gasteiger partial charge in [-0.3, -0.25) is 10.1 Å². The summed E-state index contributed by atoms with van der Waals surface area (Å²) in [5.74, 6) is -0.655. The second-order valence-electron chi connectivity index (χ2n) is 3.84. The monoisotopic (exact) mass is 337 g/mol. The summed E-state index contributed by atoms with van der Waals surface area (Å²) >= 11 is 5.43. The summed E-state index contributed by atoms with van der Waals surface area (Å²) in [6, 6.07) is 2.12. The van der Waals surface area contributed by atoms with Crippen molar-refractivity contribution < 1.29 is 36.0 Å². The number of nitro benzene ring substituents is 1. The molecule has 0 heterocycles. The molecular formula is C10H6ClF6NO3. The van der Waals surface area contributed by atoms with E-state index in [-0.39, 0.29) is 0 Å². The summed E-state index contributed by atoms with van der Waals surface area (Å²) in [4.78, 5) is 9.55. The summed E-state index contributed by atoms with van der Waals surface area (Å²) in [5, 5.41) is 9.90. The van der Waals surface area contributed by atoms with Crippen molar-refractivity contribution in [3.63, 3.8) is 0 Å². The molecule has 0 spiro atoms. The molecule has 21 heavy (non-hydrogen) atoms. The van der Waals surface area contributed by atoms with Crippen molar-refractivity contribution in [2.24, 2.45) is 0 Å². The van der Waals surface area contributed by atoms with Crippen molar-refractivity contribution in [2.75, 3.05) is 0 Å². The first-order valence-electron chi connectivity index (χ1n) is 5.14. The Labute approximate surface area is 118 Å². The maximum absolute atomic E-state index is 12.5. The van der Waals surface area contributed by atoms with Gasteiger partial charge in [0.25, 0.3) is 5.69 Å². The third kappa shape index (κ3) is 5.29. The predicted octanol–water partition coefficient (Wildman–Crippen LogP) is 4.51. The Hall–Kier alpha value is -1.71. The van der Waals surface area contributed by atoms with Crippen molar-refractivity contribution in [1.29, 1.82) is 0 Å². The lowest BCUT2D eigenvalue weighted by Crippen LogP contribution is -2.38. The maximum Gasteiger partial charge on any atom is 0.425 e. The molecule has 0 radical (unpaired) electrons. The average molecular weight is 338 g/mol. The smallest absolute Gasteiger partial charge is 0.425 e. The predicted molar refractivity (Wildman–Crippen MR) is 59.2 cm³/mol. The number of rotatable bonds is 4. The van der Waals surface area contributed by atoms with Gasteiger partial charge in [-0.1, -0.05) is 11.6 Å². The van der Waals surface area contributed by atoms with Crippen LogP contribution in [0.3, 0.4) is 0 Å². The van der Waals surface area contributed by atoms with E-state index in [2.05, 4.69) is 4.74 Å². The van der Waals surface area contributed by atoms with E-state index in [1.165, 1.54) is 0 Å². The molecule has 0 amide bonds. The van der Waals surface area contributed by atoms with Gasteiger partial charge >= 0.3 is 12.4 Å². The van der Waals surface area contributed by atoms with Crippen LogP contribution in [-0.2, 0) is 0 Å². The third-order valence-electron chi connectivity index (χ3n) is 2.18. The zero-order chi connectivity index (χ0) is 16.4. The van der Waals surface area contributed by atoms with Gasteiger partial charge in [0.2, 0.25) is 6.10 Å². The van der Waals surface area contributed by atoms with Crippen molar-refractivity contribution in [1.82, 2.24) is 0 Å². The highest BCUT2D eigenvalue weighted by Crippen LogP contribution is 2.35. The molecule has 0 bridgehead atoms. The normalized spacial score (nSPS) is 13.9. The van der Waals surface area contributed by atoms with Crippen molar-refractivity contribution in [3.8, 4) is 5.75 Å². The Morgan fingerprint density at radius 3 is 2.19 bits per heavy atom. The number of nitro groups is 1. The van der Waals surface area contributed by atoms with Crippen LogP contribution in [0.25, 0.3) is 0 Å². The molecule has 1 aromatic rings. The van der Waals surface area contributed by atoms with Gasteiger partial charge in [0.15, 0.2) is 0 Å². The molecule has 1 unspecified atom stereocenters. The summed E-state index contributed by atoms with van der Waals surface area (Å²) in [5.41, 5.74) is -0.608. The van der Waals surface area contributed by atoms with Crippen LogP contribution in [0.2, 0.25) is 5.02 Å². The van der Waals surface area contributed by atoms with Crippen LogP contribution >= 0.6 is 11.6 Å². The van der Waals surface area contributed by atoms with E-state index in [0.29, 0.717) is 6.07 Å². The minimum Gasteiger partial charge on any atom is -0.481 e. The van der Waals surface area contributed by atoms with E-state index in [1.54, 1.807) is 0 Å². The van der Waals surface area contributed by atoms with Gasteiger partial charge in [-0.05, 0) is 6.07 Å². The van der Waals surface area contributed by atoms with Crippen LogP contribution in [0.5, 0.6) is 5.75 Å². The topological polar surface area (TPSA) is 52.4 Å². The number of hydrogen-bond acceptors (Lipinski definition) is 3. The zero-order valence-electron chi connectivity index (χ0n) is 9.83. The second-order valence-corrected chi connectivity index (χ2v) is 4.24. The molecule has 118 valence electrons. The molecule has 0 saturated heterocycles. The Balaban J connectivity index is 2.99. The van der Waals surface area contributed by atoms with Crippen LogP contribution in [-0.4, -0.2) is 23.4 Å². The molecule has 0 aliphatic heterocycles. The Morgan fingerprint density at radius 2 is 1.81 bits per heavy atom. The van der Waals surface area contributed by atoms with Crippen LogP contribution in [0.15, 0.2) is 18.2 Å². The van der Waals surface area contributed by atoms with E-state index in [0.717, 1.165) is 12.1 Å². The molecule has 1 rings (SSSR count). The molecule has 0 aliphatic rings. The van der Waals surface area contributed by atoms with Gasteiger partial charge in [0.1, 0.15) is 10.8 Å². The minimum absolute atomic E-state index is 0.551. The van der Waals surface area contributed by atoms with Crippen LogP contribution in [0.4, 0.5) is 32.0 Å². The van der Waals surface area contributed by atoms with E-state index in [9.17, 15) is 36.5 Å². The van der Waals surface area contributed by atoms with E-state index in [4.69, 9.17) is 11.6 Å². The van der Waals surface area contributed by atoms with Gasteiger partial charge in [-0.2, -0.15) is 26.3 Å². The molecule has 0 saturated carbocycles. The Morgan fingerprint density at radius 1 is 1.24 bits per heavy atom. The first-order chi connectivity index (χ1) is 9.40. The lowest BCUT2D eigenvalue weighted by atomic mass is 10.2. The van der Waals surface area contributed by atoms with Crippen LogP contribution in [0, 0.1) is 10.1 Å². The fraction of sp³-hybridized carbons (Fsp3) is 0.400. The molecule has 0 aromatic heterocycles. The molecule has 4 nitrogen and oxygen atoms in total. The summed E-state index contributed by atoms with van der Waals surface area (Å²) in [6.07, 6.45) is -15.7. The number of benzene rings is 1. The zero-order valence-corrected chi connectivity index (χ0v) is 10.6. The first-order valence-corrected chi connectivity index (χ1v) is 5.52. The minimum atomic E-state index is -5.26. The van der Waals surface area contributed by atoms with Gasteiger partial charge in [-0.15, -0.1) is 0 Å². The van der Waals surface area contributed by atoms with E-state index >= 15 is 0 Å². The standard InChI is InChI=1S/C10H6ClF6NO3/c11-6-3-5(1-2-7(6)18(19)20)21-8(10(15,16)17)4-9(12,13)14/h1-3,8H,4H2. The molecule has 1 atom stereocenters. The highest BCUT2D eigenvalue weighted by Gasteiger charge is 2.48. The van der Waals surface area contributed by atoms with Crippen LogP contribution in [0.1, 0.15) is 6.42 Å². The fourth-order valence-electron chi connectivity index (χ4n) is 1.31. The molecule has 0 fully saturated rings. The van der Waals surface area contributed by atoms with Crippen molar-refractivity contribution >= 4 is 17.3 Å². The summed E-state index contributed by atoms with van der Waals surface area (Å²) in [7, 11) is 0.